The average Bonchev–Trinajstić information content (AvgIpc) is 3.29. The molecule has 1 fully saturated rings. The summed E-state index contributed by atoms with van der Waals surface area (Å²) in [6, 6.07) is 0. The Kier molecular flexibility index (Phi) is 6.92. The van der Waals surface area contributed by atoms with Crippen LogP contribution in [0.3, 0.4) is 0 Å². The molecule has 1 saturated heterocycles. The lowest BCUT2D eigenvalue weighted by Gasteiger charge is -2.15. The van der Waals surface area contributed by atoms with Gasteiger partial charge in [-0.3, -0.25) is 4.79 Å². The summed E-state index contributed by atoms with van der Waals surface area (Å²) in [5, 5.41) is 19.7. The first-order valence-electron chi connectivity index (χ1n) is 8.30. The molecule has 0 spiro atoms. The molecule has 5 nitrogen and oxygen atoms in total. The molecule has 0 aliphatic carbocycles. The molecule has 0 radical (unpaired) electrons. The molecule has 2 aliphatic rings. The first kappa shape index (κ1) is 17.8. The summed E-state index contributed by atoms with van der Waals surface area (Å²) < 4.78 is 10.6. The van der Waals surface area contributed by atoms with Gasteiger partial charge in [-0.15, -0.1) is 0 Å². The van der Waals surface area contributed by atoms with Gasteiger partial charge >= 0.3 is 5.97 Å². The van der Waals surface area contributed by atoms with Gasteiger partial charge in [0, 0.05) is 6.42 Å². The number of aliphatic hydroxyl groups is 2. The van der Waals surface area contributed by atoms with Gasteiger partial charge in [-0.1, -0.05) is 37.5 Å². The fourth-order valence-corrected chi connectivity index (χ4v) is 2.56. The SMILES string of the molecule is C[C@H]1OC(=O)CCCCCCC[C@@H]2O[C@@H]2[C@@H](O)C#CC#C[C@@H]1O. The molecule has 2 heterocycles. The highest BCUT2D eigenvalue weighted by atomic mass is 16.6. The molecule has 126 valence electrons. The lowest BCUT2D eigenvalue weighted by atomic mass is 10.1. The normalized spacial score (nSPS) is 36.0. The molecule has 0 aromatic rings. The van der Waals surface area contributed by atoms with Crippen molar-refractivity contribution in [2.45, 2.75) is 82.4 Å². The summed E-state index contributed by atoms with van der Waals surface area (Å²) in [4.78, 5) is 11.7. The number of ether oxygens (including phenoxy) is 2. The largest absolute Gasteiger partial charge is 0.459 e. The Balaban J connectivity index is 1.94. The fourth-order valence-electron chi connectivity index (χ4n) is 2.56. The van der Waals surface area contributed by atoms with E-state index in [0.717, 1.165) is 38.5 Å². The van der Waals surface area contributed by atoms with E-state index >= 15 is 0 Å². The van der Waals surface area contributed by atoms with Crippen LogP contribution >= 0.6 is 0 Å². The van der Waals surface area contributed by atoms with Crippen molar-refractivity contribution in [1.82, 2.24) is 0 Å². The van der Waals surface area contributed by atoms with E-state index in [4.69, 9.17) is 9.47 Å². The number of carbonyl (C=O) groups is 1. The van der Waals surface area contributed by atoms with Gasteiger partial charge in [0.05, 0.1) is 6.10 Å². The van der Waals surface area contributed by atoms with Crippen molar-refractivity contribution in [1.29, 1.82) is 0 Å². The summed E-state index contributed by atoms with van der Waals surface area (Å²) in [6.07, 6.45) is 3.51. The van der Waals surface area contributed by atoms with Gasteiger partial charge in [-0.2, -0.15) is 0 Å². The van der Waals surface area contributed by atoms with E-state index < -0.39 is 18.3 Å². The van der Waals surface area contributed by atoms with Crippen molar-refractivity contribution in [2.24, 2.45) is 0 Å². The number of epoxide rings is 1. The van der Waals surface area contributed by atoms with Gasteiger partial charge in [0.15, 0.2) is 6.10 Å². The van der Waals surface area contributed by atoms with Gasteiger partial charge in [0.1, 0.15) is 18.3 Å². The topological polar surface area (TPSA) is 79.3 Å². The second-order valence-electron chi connectivity index (χ2n) is 6.07. The third kappa shape index (κ3) is 6.23. The zero-order valence-corrected chi connectivity index (χ0v) is 13.5. The van der Waals surface area contributed by atoms with Gasteiger partial charge < -0.3 is 19.7 Å². The highest BCUT2D eigenvalue weighted by molar-refractivity contribution is 5.69. The average molecular weight is 320 g/mol. The Morgan fingerprint density at radius 3 is 2.43 bits per heavy atom. The number of cyclic esters (lactones) is 1. The van der Waals surface area contributed by atoms with Crippen LogP contribution < -0.4 is 0 Å². The fraction of sp³-hybridized carbons (Fsp3) is 0.722. The Hall–Kier alpha value is -1.53. The summed E-state index contributed by atoms with van der Waals surface area (Å²) >= 11 is 0. The van der Waals surface area contributed by atoms with E-state index in [2.05, 4.69) is 23.7 Å². The molecule has 0 saturated carbocycles. The molecule has 23 heavy (non-hydrogen) atoms. The number of hydrogen-bond donors (Lipinski definition) is 2. The molecular formula is C18H24O5. The Labute approximate surface area is 137 Å². The maximum atomic E-state index is 11.7. The van der Waals surface area contributed by atoms with Crippen LogP contribution in [0.25, 0.3) is 0 Å². The lowest BCUT2D eigenvalue weighted by Crippen LogP contribution is -2.27. The van der Waals surface area contributed by atoms with Gasteiger partial charge in [0.25, 0.3) is 0 Å². The summed E-state index contributed by atoms with van der Waals surface area (Å²) in [7, 11) is 0. The van der Waals surface area contributed by atoms with Crippen molar-refractivity contribution >= 4 is 5.97 Å². The second-order valence-corrected chi connectivity index (χ2v) is 6.07. The zero-order valence-electron chi connectivity index (χ0n) is 13.5. The number of aliphatic hydroxyl groups excluding tert-OH is 2. The van der Waals surface area contributed by atoms with Crippen molar-refractivity contribution in [3.05, 3.63) is 0 Å². The minimum Gasteiger partial charge on any atom is -0.459 e. The first-order valence-corrected chi connectivity index (χ1v) is 8.30. The van der Waals surface area contributed by atoms with Crippen molar-refractivity contribution in [3.8, 4) is 23.7 Å². The molecule has 0 aromatic heterocycles. The van der Waals surface area contributed by atoms with E-state index in [1.165, 1.54) is 0 Å². The summed E-state index contributed by atoms with van der Waals surface area (Å²) in [5.74, 6) is 9.81. The Bertz CT molecular complexity index is 521. The molecule has 2 rings (SSSR count). The summed E-state index contributed by atoms with van der Waals surface area (Å²) in [5.41, 5.74) is 0. The molecule has 0 unspecified atom stereocenters. The van der Waals surface area contributed by atoms with E-state index in [-0.39, 0.29) is 18.2 Å². The predicted octanol–water partition coefficient (Wildman–Crippen LogP) is 1.16. The number of esters is 1. The predicted molar refractivity (Wildman–Crippen MR) is 84.1 cm³/mol. The van der Waals surface area contributed by atoms with E-state index in [1.807, 2.05) is 0 Å². The Morgan fingerprint density at radius 1 is 1.00 bits per heavy atom. The lowest BCUT2D eigenvalue weighted by molar-refractivity contribution is -0.152. The number of rotatable bonds is 0. The molecule has 2 aliphatic heterocycles. The standard InChI is InChI=1S/C18H24O5/c1-13-14(19)9-7-8-10-15(20)18-16(23-18)11-5-3-2-4-6-12-17(21)22-13/h13-16,18-20H,2-6,11-12H2,1H3/t13-,14+,15+,16+,18-/m1/s1. The van der Waals surface area contributed by atoms with Crippen LogP contribution in [0.15, 0.2) is 0 Å². The first-order chi connectivity index (χ1) is 11.1. The van der Waals surface area contributed by atoms with Crippen molar-refractivity contribution < 1.29 is 24.5 Å². The van der Waals surface area contributed by atoms with Crippen LogP contribution in [0, 0.1) is 23.7 Å². The number of hydrogen-bond acceptors (Lipinski definition) is 5. The minimum absolute atomic E-state index is 0.0896. The zero-order chi connectivity index (χ0) is 16.7. The molecule has 0 bridgehead atoms. The molecule has 0 amide bonds. The molecule has 5 atom stereocenters. The molecular weight excluding hydrogens is 296 g/mol. The highest BCUT2D eigenvalue weighted by Gasteiger charge is 2.43. The van der Waals surface area contributed by atoms with E-state index in [0.29, 0.717) is 6.42 Å². The van der Waals surface area contributed by atoms with Crippen LogP contribution in [0.5, 0.6) is 0 Å². The second kappa shape index (κ2) is 8.93. The van der Waals surface area contributed by atoms with Crippen LogP contribution in [-0.2, 0) is 14.3 Å². The third-order valence-corrected chi connectivity index (χ3v) is 4.07. The van der Waals surface area contributed by atoms with Crippen molar-refractivity contribution in [2.75, 3.05) is 0 Å². The van der Waals surface area contributed by atoms with Crippen molar-refractivity contribution in [3.63, 3.8) is 0 Å². The smallest absolute Gasteiger partial charge is 0.306 e. The number of carbonyl (C=O) groups excluding carboxylic acids is 1. The quantitative estimate of drug-likeness (QED) is 0.398. The van der Waals surface area contributed by atoms with Crippen LogP contribution in [-0.4, -0.2) is 46.7 Å². The van der Waals surface area contributed by atoms with E-state index in [9.17, 15) is 15.0 Å². The molecule has 2 N–H and O–H groups in total. The highest BCUT2D eigenvalue weighted by Crippen LogP contribution is 2.30. The van der Waals surface area contributed by atoms with Crippen LogP contribution in [0.4, 0.5) is 0 Å². The van der Waals surface area contributed by atoms with Gasteiger partial charge in [0.2, 0.25) is 0 Å². The monoisotopic (exact) mass is 320 g/mol. The molecule has 0 aromatic carbocycles. The maximum absolute atomic E-state index is 11.7. The Morgan fingerprint density at radius 2 is 1.65 bits per heavy atom. The number of fused-ring (bicyclic) bond motifs is 1. The van der Waals surface area contributed by atoms with Gasteiger partial charge in [-0.25, -0.2) is 0 Å². The van der Waals surface area contributed by atoms with Crippen LogP contribution in [0.1, 0.15) is 51.9 Å². The third-order valence-electron chi connectivity index (χ3n) is 4.07. The van der Waals surface area contributed by atoms with Crippen LogP contribution in [0.2, 0.25) is 0 Å². The van der Waals surface area contributed by atoms with Gasteiger partial charge in [-0.05, 0) is 31.6 Å². The maximum Gasteiger partial charge on any atom is 0.306 e. The molecule has 5 heteroatoms. The minimum atomic E-state index is -1.09. The summed E-state index contributed by atoms with van der Waals surface area (Å²) in [6.45, 7) is 1.60. The van der Waals surface area contributed by atoms with E-state index in [1.54, 1.807) is 6.92 Å².